The summed E-state index contributed by atoms with van der Waals surface area (Å²) < 4.78 is 84.8. The number of hydrogen-bond donors (Lipinski definition) is 2. The number of rotatable bonds is 5. The third-order valence-electron chi connectivity index (χ3n) is 1.99. The van der Waals surface area contributed by atoms with E-state index in [2.05, 4.69) is 6.58 Å². The van der Waals surface area contributed by atoms with Crippen molar-refractivity contribution in [3.8, 4) is 0 Å². The van der Waals surface area contributed by atoms with Gasteiger partial charge >= 0.3 is 30.0 Å². The molecule has 0 amide bonds. The van der Waals surface area contributed by atoms with Gasteiger partial charge in [0.05, 0.1) is 0 Å². The summed E-state index contributed by atoms with van der Waals surface area (Å²) in [4.78, 5) is 19.4. The monoisotopic (exact) mass is 340 g/mol. The summed E-state index contributed by atoms with van der Waals surface area (Å²) in [5.41, 5.74) is -0.748. The Morgan fingerprint density at radius 2 is 1.41 bits per heavy atom. The molecule has 4 nitrogen and oxygen atoms in total. The van der Waals surface area contributed by atoms with Crippen molar-refractivity contribution in [1.29, 1.82) is 0 Å². The van der Waals surface area contributed by atoms with Crippen molar-refractivity contribution < 1.29 is 50.5 Å². The zero-order chi connectivity index (χ0) is 18.4. The van der Waals surface area contributed by atoms with Gasteiger partial charge in [0.15, 0.2) is 0 Å². The summed E-state index contributed by atoms with van der Waals surface area (Å²) >= 11 is 0. The van der Waals surface area contributed by atoms with E-state index in [4.69, 9.17) is 10.2 Å². The van der Waals surface area contributed by atoms with E-state index in [1.807, 2.05) is 0 Å². The quantitative estimate of drug-likeness (QED) is 0.593. The zero-order valence-corrected chi connectivity index (χ0v) is 10.9. The largest absolute Gasteiger partial charge is 0.478 e. The van der Waals surface area contributed by atoms with Crippen LogP contribution in [0, 0.1) is 0 Å². The molecule has 22 heavy (non-hydrogen) atoms. The molecule has 0 aliphatic heterocycles. The molecule has 0 heterocycles. The van der Waals surface area contributed by atoms with Crippen LogP contribution in [0.4, 0.5) is 30.7 Å². The predicted octanol–water partition coefficient (Wildman–Crippen LogP) is 3.50. The van der Waals surface area contributed by atoms with Crippen molar-refractivity contribution in [2.24, 2.45) is 0 Å². The van der Waals surface area contributed by atoms with Gasteiger partial charge in [0, 0.05) is 18.1 Å². The van der Waals surface area contributed by atoms with Crippen LogP contribution in [0.1, 0.15) is 13.3 Å². The number of halogens is 7. The summed E-state index contributed by atoms with van der Waals surface area (Å²) in [5.74, 6) is -14.3. The van der Waals surface area contributed by atoms with E-state index in [9.17, 15) is 40.3 Å². The fourth-order valence-corrected chi connectivity index (χ4v) is 0.704. The summed E-state index contributed by atoms with van der Waals surface area (Å²) in [5, 5.41) is 15.8. The molecule has 0 saturated heterocycles. The lowest BCUT2D eigenvalue weighted by Gasteiger charge is -2.27. The Morgan fingerprint density at radius 3 is 1.64 bits per heavy atom. The molecule has 0 aliphatic carbocycles. The second-order valence-corrected chi connectivity index (χ2v) is 3.72. The molecule has 0 radical (unpaired) electrons. The van der Waals surface area contributed by atoms with Crippen molar-refractivity contribution >= 4 is 11.9 Å². The van der Waals surface area contributed by atoms with Gasteiger partial charge in [0.1, 0.15) is 0 Å². The van der Waals surface area contributed by atoms with Gasteiger partial charge in [-0.05, 0) is 6.92 Å². The Labute approximate surface area is 119 Å². The number of carboxylic acid groups (broad SMARTS) is 2. The van der Waals surface area contributed by atoms with Crippen LogP contribution in [-0.2, 0) is 9.59 Å². The summed E-state index contributed by atoms with van der Waals surface area (Å²) in [7, 11) is 0. The van der Waals surface area contributed by atoms with Crippen molar-refractivity contribution in [3.05, 3.63) is 24.3 Å². The van der Waals surface area contributed by atoms with Gasteiger partial charge in [-0.25, -0.2) is 9.59 Å². The van der Waals surface area contributed by atoms with Gasteiger partial charge in [-0.15, -0.1) is 0 Å². The minimum atomic E-state index is -6.40. The lowest BCUT2D eigenvalue weighted by molar-refractivity contribution is -0.353. The summed E-state index contributed by atoms with van der Waals surface area (Å²) in [6.07, 6.45) is -7.47. The SMILES string of the molecule is C/C(=C\CC(F)(F)C(F)(F)C(F)(F)F)C(=O)O.C=CC(=O)O. The molecule has 0 atom stereocenters. The van der Waals surface area contributed by atoms with Gasteiger partial charge in [0.25, 0.3) is 0 Å². The Bertz CT molecular complexity index is 452. The minimum Gasteiger partial charge on any atom is -0.478 e. The molecule has 0 bridgehead atoms. The molecule has 0 fully saturated rings. The average Bonchev–Trinajstić information content (AvgIpc) is 2.34. The highest BCUT2D eigenvalue weighted by atomic mass is 19.4. The zero-order valence-electron chi connectivity index (χ0n) is 10.9. The Balaban J connectivity index is 0. The lowest BCUT2D eigenvalue weighted by Crippen LogP contribution is -2.51. The summed E-state index contributed by atoms with van der Waals surface area (Å²) in [6, 6.07) is 0. The Hall–Kier alpha value is -2.07. The van der Waals surface area contributed by atoms with Crippen LogP contribution in [0.25, 0.3) is 0 Å². The molecular weight excluding hydrogens is 329 g/mol. The first-order valence-corrected chi connectivity index (χ1v) is 5.18. The van der Waals surface area contributed by atoms with E-state index >= 15 is 0 Å². The van der Waals surface area contributed by atoms with Crippen LogP contribution in [0.3, 0.4) is 0 Å². The second-order valence-electron chi connectivity index (χ2n) is 3.72. The molecule has 0 aromatic rings. The standard InChI is InChI=1S/C8H7F7O2.C3H4O2/c1-4(5(16)17)2-3-6(9,10)7(11,12)8(13,14)15;1-2-3(4)5/h2H,3H2,1H3,(H,16,17);2H,1H2,(H,4,5)/b4-2+;. The Kier molecular flexibility index (Phi) is 7.88. The fourth-order valence-electron chi connectivity index (χ4n) is 0.704. The first-order chi connectivity index (χ1) is 9.60. The van der Waals surface area contributed by atoms with E-state index in [0.717, 1.165) is 13.0 Å². The van der Waals surface area contributed by atoms with E-state index in [0.29, 0.717) is 0 Å². The molecule has 0 aromatic heterocycles. The smallest absolute Gasteiger partial charge is 0.459 e. The maximum atomic E-state index is 12.6. The van der Waals surface area contributed by atoms with Crippen molar-refractivity contribution in [2.45, 2.75) is 31.4 Å². The van der Waals surface area contributed by atoms with Gasteiger partial charge in [-0.1, -0.05) is 12.7 Å². The number of hydrogen-bond acceptors (Lipinski definition) is 2. The first kappa shape index (κ1) is 22.2. The molecule has 0 unspecified atom stereocenters. The van der Waals surface area contributed by atoms with Crippen molar-refractivity contribution in [1.82, 2.24) is 0 Å². The summed E-state index contributed by atoms with van der Waals surface area (Å²) in [6.45, 7) is 3.76. The fraction of sp³-hybridized carbons (Fsp3) is 0.455. The normalized spacial score (nSPS) is 13.0. The van der Waals surface area contributed by atoms with Crippen molar-refractivity contribution in [3.63, 3.8) is 0 Å². The molecule has 0 aromatic carbocycles. The third kappa shape index (κ3) is 6.59. The second kappa shape index (κ2) is 7.80. The molecule has 0 saturated carbocycles. The molecule has 2 N–H and O–H groups in total. The van der Waals surface area contributed by atoms with Crippen molar-refractivity contribution in [2.75, 3.05) is 0 Å². The van der Waals surface area contributed by atoms with Gasteiger partial charge in [0.2, 0.25) is 0 Å². The topological polar surface area (TPSA) is 74.6 Å². The highest BCUT2D eigenvalue weighted by Gasteiger charge is 2.72. The average molecular weight is 340 g/mol. The lowest BCUT2D eigenvalue weighted by atomic mass is 10.1. The molecule has 0 aliphatic rings. The highest BCUT2D eigenvalue weighted by Crippen LogP contribution is 2.48. The van der Waals surface area contributed by atoms with E-state index in [1.54, 1.807) is 0 Å². The van der Waals surface area contributed by atoms with Crippen LogP contribution < -0.4 is 0 Å². The number of alkyl halides is 7. The van der Waals surface area contributed by atoms with E-state index in [1.165, 1.54) is 0 Å². The van der Waals surface area contributed by atoms with Crippen LogP contribution in [0.5, 0.6) is 0 Å². The predicted molar refractivity (Wildman–Crippen MR) is 59.8 cm³/mol. The number of carboxylic acids is 2. The maximum absolute atomic E-state index is 12.6. The molecule has 0 spiro atoms. The van der Waals surface area contributed by atoms with Gasteiger partial charge < -0.3 is 10.2 Å². The van der Waals surface area contributed by atoms with Gasteiger partial charge in [-0.2, -0.15) is 30.7 Å². The minimum absolute atomic E-state index is 0.113. The molecule has 11 heteroatoms. The van der Waals surface area contributed by atoms with Crippen LogP contribution in [-0.4, -0.2) is 40.2 Å². The van der Waals surface area contributed by atoms with Crippen LogP contribution in [0.15, 0.2) is 24.3 Å². The highest BCUT2D eigenvalue weighted by molar-refractivity contribution is 5.85. The van der Waals surface area contributed by atoms with E-state index < -0.39 is 42.0 Å². The van der Waals surface area contributed by atoms with E-state index in [-0.39, 0.29) is 6.08 Å². The molecule has 0 rings (SSSR count). The van der Waals surface area contributed by atoms with Gasteiger partial charge in [-0.3, -0.25) is 0 Å². The van der Waals surface area contributed by atoms with Crippen LogP contribution >= 0.6 is 0 Å². The Morgan fingerprint density at radius 1 is 1.05 bits per heavy atom. The van der Waals surface area contributed by atoms with Crippen LogP contribution in [0.2, 0.25) is 0 Å². The number of allylic oxidation sites excluding steroid dienone is 1. The maximum Gasteiger partial charge on any atom is 0.459 e. The third-order valence-corrected chi connectivity index (χ3v) is 1.99. The molecular formula is C11H11F7O4. The number of carbonyl (C=O) groups is 2. The number of aliphatic carboxylic acids is 2. The molecule has 128 valence electrons. The first-order valence-electron chi connectivity index (χ1n) is 5.18.